The Morgan fingerprint density at radius 2 is 1.72 bits per heavy atom. The first kappa shape index (κ1) is 20.0. The molecule has 2 aliphatic heterocycles. The largest absolute Gasteiger partial charge is 0.454 e. The van der Waals surface area contributed by atoms with Crippen molar-refractivity contribution in [2.45, 2.75) is 50.5 Å². The van der Waals surface area contributed by atoms with Crippen molar-refractivity contribution in [2.75, 3.05) is 6.61 Å². The minimum atomic E-state index is -1.33. The van der Waals surface area contributed by atoms with Crippen LogP contribution in [-0.4, -0.2) is 48.4 Å². The quantitative estimate of drug-likeness (QED) is 0.772. The standard InChI is InChI=1S/C22H24O7/c1-14(23)27-20-19(25-12-15-8-4-2-5-9-15)18-17(28-21(20)24)13-26-22(29-18)16-10-6-3-7-11-16/h2-11,17-22,24H,12-13H2,1H3/t17-,18-,19+,20-,21-,22-/m1/s1. The van der Waals surface area contributed by atoms with Crippen LogP contribution >= 0.6 is 0 Å². The SMILES string of the molecule is CC(=O)O[C@@H]1[C@@H](OCc2ccccc2)[C@@H]2O[C@H](c3ccccc3)OC[C@H]2O[C@H]1O. The fourth-order valence-electron chi connectivity index (χ4n) is 3.62. The number of hydrogen-bond donors (Lipinski definition) is 1. The third-order valence-corrected chi connectivity index (χ3v) is 4.96. The fourth-order valence-corrected chi connectivity index (χ4v) is 3.62. The van der Waals surface area contributed by atoms with Gasteiger partial charge in [-0.15, -0.1) is 0 Å². The molecule has 0 spiro atoms. The van der Waals surface area contributed by atoms with E-state index in [4.69, 9.17) is 23.7 Å². The van der Waals surface area contributed by atoms with Crippen molar-refractivity contribution in [3.05, 3.63) is 71.8 Å². The molecule has 2 saturated heterocycles. The van der Waals surface area contributed by atoms with Crippen LogP contribution in [0.1, 0.15) is 24.3 Å². The molecule has 2 heterocycles. The fraction of sp³-hybridized carbons (Fsp3) is 0.409. The predicted molar refractivity (Wildman–Crippen MR) is 101 cm³/mol. The highest BCUT2D eigenvalue weighted by atomic mass is 16.7. The van der Waals surface area contributed by atoms with Crippen LogP contribution in [0, 0.1) is 0 Å². The van der Waals surface area contributed by atoms with Crippen molar-refractivity contribution in [2.24, 2.45) is 0 Å². The first-order valence-corrected chi connectivity index (χ1v) is 9.60. The van der Waals surface area contributed by atoms with E-state index in [9.17, 15) is 9.90 Å². The van der Waals surface area contributed by atoms with Crippen LogP contribution in [0.5, 0.6) is 0 Å². The van der Waals surface area contributed by atoms with Gasteiger partial charge in [-0.25, -0.2) is 0 Å². The van der Waals surface area contributed by atoms with Gasteiger partial charge in [0, 0.05) is 12.5 Å². The molecule has 2 aromatic rings. The number of hydrogen-bond acceptors (Lipinski definition) is 7. The van der Waals surface area contributed by atoms with E-state index in [1.165, 1.54) is 6.92 Å². The Labute approximate surface area is 169 Å². The number of carbonyl (C=O) groups is 1. The van der Waals surface area contributed by atoms with Crippen molar-refractivity contribution in [3.63, 3.8) is 0 Å². The molecule has 0 bridgehead atoms. The van der Waals surface area contributed by atoms with Gasteiger partial charge in [0.2, 0.25) is 0 Å². The van der Waals surface area contributed by atoms with Gasteiger partial charge in [-0.3, -0.25) is 4.79 Å². The van der Waals surface area contributed by atoms with Crippen LogP contribution in [0.15, 0.2) is 60.7 Å². The van der Waals surface area contributed by atoms with Crippen molar-refractivity contribution in [1.29, 1.82) is 0 Å². The summed E-state index contributed by atoms with van der Waals surface area (Å²) in [5.41, 5.74) is 1.82. The molecule has 0 amide bonds. The third-order valence-electron chi connectivity index (χ3n) is 4.96. The van der Waals surface area contributed by atoms with Gasteiger partial charge in [0.1, 0.15) is 18.3 Å². The molecule has 0 unspecified atom stereocenters. The van der Waals surface area contributed by atoms with E-state index in [0.717, 1.165) is 11.1 Å². The van der Waals surface area contributed by atoms with E-state index in [1.807, 2.05) is 60.7 Å². The molecule has 154 valence electrons. The summed E-state index contributed by atoms with van der Waals surface area (Å²) in [5, 5.41) is 10.4. The Balaban J connectivity index is 1.56. The lowest BCUT2D eigenvalue weighted by Gasteiger charge is -2.47. The van der Waals surface area contributed by atoms with E-state index in [2.05, 4.69) is 0 Å². The molecular formula is C22H24O7. The van der Waals surface area contributed by atoms with E-state index in [1.54, 1.807) is 0 Å². The van der Waals surface area contributed by atoms with Gasteiger partial charge >= 0.3 is 5.97 Å². The first-order chi connectivity index (χ1) is 14.1. The average Bonchev–Trinajstić information content (AvgIpc) is 2.74. The number of esters is 1. The maximum Gasteiger partial charge on any atom is 0.303 e. The maximum atomic E-state index is 11.6. The molecule has 7 nitrogen and oxygen atoms in total. The van der Waals surface area contributed by atoms with Crippen molar-refractivity contribution >= 4 is 5.97 Å². The molecule has 0 aromatic heterocycles. The highest BCUT2D eigenvalue weighted by molar-refractivity contribution is 5.66. The molecule has 7 heteroatoms. The predicted octanol–water partition coefficient (Wildman–Crippen LogP) is 2.33. The zero-order chi connectivity index (χ0) is 20.2. The van der Waals surface area contributed by atoms with Crippen molar-refractivity contribution in [3.8, 4) is 0 Å². The zero-order valence-corrected chi connectivity index (χ0v) is 16.0. The van der Waals surface area contributed by atoms with Gasteiger partial charge < -0.3 is 28.8 Å². The van der Waals surface area contributed by atoms with Gasteiger partial charge in [-0.2, -0.15) is 0 Å². The minimum Gasteiger partial charge on any atom is -0.454 e. The topological polar surface area (TPSA) is 83.5 Å². The smallest absolute Gasteiger partial charge is 0.303 e. The lowest BCUT2D eigenvalue weighted by molar-refractivity contribution is -0.361. The highest BCUT2D eigenvalue weighted by Gasteiger charge is 2.51. The number of fused-ring (bicyclic) bond motifs is 1. The summed E-state index contributed by atoms with van der Waals surface area (Å²) < 4.78 is 29.0. The molecule has 2 aliphatic rings. The van der Waals surface area contributed by atoms with Crippen LogP contribution in [0.2, 0.25) is 0 Å². The normalized spacial score (nSPS) is 31.7. The summed E-state index contributed by atoms with van der Waals surface area (Å²) in [6.45, 7) is 1.78. The number of aliphatic hydroxyl groups is 1. The summed E-state index contributed by atoms with van der Waals surface area (Å²) in [5.74, 6) is -0.531. The van der Waals surface area contributed by atoms with Gasteiger partial charge in [-0.05, 0) is 5.56 Å². The maximum absolute atomic E-state index is 11.6. The van der Waals surface area contributed by atoms with E-state index in [0.29, 0.717) is 0 Å². The Kier molecular flexibility index (Phi) is 6.22. The van der Waals surface area contributed by atoms with Crippen LogP contribution in [0.25, 0.3) is 0 Å². The second kappa shape index (κ2) is 9.02. The first-order valence-electron chi connectivity index (χ1n) is 9.60. The molecular weight excluding hydrogens is 376 g/mol. The third kappa shape index (κ3) is 4.66. The van der Waals surface area contributed by atoms with Crippen LogP contribution in [0.4, 0.5) is 0 Å². The number of benzene rings is 2. The molecule has 0 saturated carbocycles. The van der Waals surface area contributed by atoms with E-state index >= 15 is 0 Å². The molecule has 2 aromatic carbocycles. The van der Waals surface area contributed by atoms with Crippen molar-refractivity contribution in [1.82, 2.24) is 0 Å². The summed E-state index contributed by atoms with van der Waals surface area (Å²) in [6.07, 6.45) is -4.78. The molecule has 6 atom stereocenters. The van der Waals surface area contributed by atoms with E-state index in [-0.39, 0.29) is 13.2 Å². The van der Waals surface area contributed by atoms with Gasteiger partial charge in [-0.1, -0.05) is 60.7 Å². The molecule has 29 heavy (non-hydrogen) atoms. The average molecular weight is 400 g/mol. The second-order valence-electron chi connectivity index (χ2n) is 7.08. The van der Waals surface area contributed by atoms with Crippen molar-refractivity contribution < 1.29 is 33.6 Å². The Morgan fingerprint density at radius 3 is 2.41 bits per heavy atom. The summed E-state index contributed by atoms with van der Waals surface area (Å²) in [4.78, 5) is 11.6. The molecule has 4 rings (SSSR count). The highest BCUT2D eigenvalue weighted by Crippen LogP contribution is 2.36. The molecule has 0 aliphatic carbocycles. The number of rotatable bonds is 5. The summed E-state index contributed by atoms with van der Waals surface area (Å²) in [7, 11) is 0. The lowest BCUT2D eigenvalue weighted by Crippen LogP contribution is -2.63. The van der Waals surface area contributed by atoms with Crippen LogP contribution in [-0.2, 0) is 35.1 Å². The summed E-state index contributed by atoms with van der Waals surface area (Å²) >= 11 is 0. The Bertz CT molecular complexity index is 797. The number of aliphatic hydroxyl groups excluding tert-OH is 1. The zero-order valence-electron chi connectivity index (χ0n) is 16.0. The minimum absolute atomic E-state index is 0.222. The van der Waals surface area contributed by atoms with Gasteiger partial charge in [0.25, 0.3) is 0 Å². The van der Waals surface area contributed by atoms with Gasteiger partial charge in [0.05, 0.1) is 13.2 Å². The second-order valence-corrected chi connectivity index (χ2v) is 7.08. The number of ether oxygens (including phenoxy) is 5. The van der Waals surface area contributed by atoms with Crippen LogP contribution in [0.3, 0.4) is 0 Å². The van der Waals surface area contributed by atoms with Gasteiger partial charge in [0.15, 0.2) is 18.7 Å². The monoisotopic (exact) mass is 400 g/mol. The Morgan fingerprint density at radius 1 is 1.03 bits per heavy atom. The Hall–Kier alpha value is -2.29. The van der Waals surface area contributed by atoms with E-state index < -0.39 is 43.0 Å². The molecule has 0 radical (unpaired) electrons. The molecule has 1 N–H and O–H groups in total. The summed E-state index contributed by atoms with van der Waals surface area (Å²) in [6, 6.07) is 19.2. The lowest BCUT2D eigenvalue weighted by atomic mass is 9.97. The number of carbonyl (C=O) groups excluding carboxylic acids is 1. The molecule has 2 fully saturated rings. The van der Waals surface area contributed by atoms with Crippen LogP contribution < -0.4 is 0 Å².